The molecule has 0 radical (unpaired) electrons. The lowest BCUT2D eigenvalue weighted by Gasteiger charge is -2.07. The minimum absolute atomic E-state index is 0.00403. The monoisotopic (exact) mass is 359 g/mol. The molecule has 2 aromatic carbocycles. The Kier molecular flexibility index (Phi) is 4.27. The van der Waals surface area contributed by atoms with Crippen molar-refractivity contribution in [1.29, 1.82) is 0 Å². The van der Waals surface area contributed by atoms with Crippen LogP contribution in [-0.2, 0) is 21.4 Å². The first-order valence-electron chi connectivity index (χ1n) is 7.47. The zero-order chi connectivity index (χ0) is 18.2. The van der Waals surface area contributed by atoms with Gasteiger partial charge in [0.15, 0.2) is 0 Å². The third kappa shape index (κ3) is 3.67. The smallest absolute Gasteiger partial charge is 0.246 e. The topological polar surface area (TPSA) is 120 Å². The van der Waals surface area contributed by atoms with E-state index >= 15 is 0 Å². The summed E-state index contributed by atoms with van der Waals surface area (Å²) in [6, 6.07) is 9.50. The standard InChI is InChI=1S/C16H17N5O3S/c1-10-7-14-15(8-11(10)2)21(20-19-14)9-16(22)18-12-3-5-13(6-4-12)25(17,23)24/h3-8H,9H2,1-2H3,(H,18,22)(H2,17,23,24). The summed E-state index contributed by atoms with van der Waals surface area (Å²) in [6.45, 7) is 3.97. The van der Waals surface area contributed by atoms with E-state index in [2.05, 4.69) is 15.6 Å². The number of hydrogen-bond acceptors (Lipinski definition) is 5. The number of sulfonamides is 1. The third-order valence-corrected chi connectivity index (χ3v) is 4.82. The Morgan fingerprint density at radius 3 is 2.44 bits per heavy atom. The van der Waals surface area contributed by atoms with Crippen LogP contribution in [0.1, 0.15) is 11.1 Å². The quantitative estimate of drug-likeness (QED) is 0.728. The van der Waals surface area contributed by atoms with Crippen molar-refractivity contribution >= 4 is 32.7 Å². The Balaban J connectivity index is 1.76. The molecule has 0 aliphatic heterocycles. The van der Waals surface area contributed by atoms with Gasteiger partial charge in [-0.15, -0.1) is 5.10 Å². The largest absolute Gasteiger partial charge is 0.324 e. The van der Waals surface area contributed by atoms with Gasteiger partial charge in [0.2, 0.25) is 15.9 Å². The zero-order valence-electron chi connectivity index (χ0n) is 13.7. The Bertz CT molecular complexity index is 1060. The highest BCUT2D eigenvalue weighted by Crippen LogP contribution is 2.17. The second kappa shape index (κ2) is 6.26. The molecule has 9 heteroatoms. The van der Waals surface area contributed by atoms with E-state index in [1.807, 2.05) is 26.0 Å². The van der Waals surface area contributed by atoms with Crippen LogP contribution in [-0.4, -0.2) is 29.3 Å². The van der Waals surface area contributed by atoms with E-state index in [0.29, 0.717) is 5.69 Å². The molecule has 0 fully saturated rings. The lowest BCUT2D eigenvalue weighted by molar-refractivity contribution is -0.116. The molecule has 0 saturated heterocycles. The van der Waals surface area contributed by atoms with Gasteiger partial charge in [-0.2, -0.15) is 0 Å². The lowest BCUT2D eigenvalue weighted by atomic mass is 10.1. The summed E-state index contributed by atoms with van der Waals surface area (Å²) in [4.78, 5) is 12.2. The summed E-state index contributed by atoms with van der Waals surface area (Å²) in [5.41, 5.74) is 4.18. The SMILES string of the molecule is Cc1cc2nnn(CC(=O)Nc3ccc(S(N)(=O)=O)cc3)c2cc1C. The van der Waals surface area contributed by atoms with Crippen molar-refractivity contribution in [1.82, 2.24) is 15.0 Å². The summed E-state index contributed by atoms with van der Waals surface area (Å²) in [5.74, 6) is -0.298. The maximum Gasteiger partial charge on any atom is 0.246 e. The molecular weight excluding hydrogens is 342 g/mol. The highest BCUT2D eigenvalue weighted by molar-refractivity contribution is 7.89. The van der Waals surface area contributed by atoms with Gasteiger partial charge < -0.3 is 5.32 Å². The van der Waals surface area contributed by atoms with Crippen LogP contribution >= 0.6 is 0 Å². The molecule has 0 spiro atoms. The summed E-state index contributed by atoms with van der Waals surface area (Å²) < 4.78 is 24.0. The van der Waals surface area contributed by atoms with Crippen molar-refractivity contribution in [2.75, 3.05) is 5.32 Å². The molecule has 0 aliphatic carbocycles. The first-order chi connectivity index (χ1) is 11.7. The van der Waals surface area contributed by atoms with E-state index in [-0.39, 0.29) is 17.3 Å². The normalized spacial score (nSPS) is 11.6. The van der Waals surface area contributed by atoms with Gasteiger partial charge in [0.25, 0.3) is 0 Å². The maximum atomic E-state index is 12.2. The molecule has 1 aromatic heterocycles. The van der Waals surface area contributed by atoms with E-state index in [9.17, 15) is 13.2 Å². The number of nitrogens with one attached hydrogen (secondary N) is 1. The minimum Gasteiger partial charge on any atom is -0.324 e. The van der Waals surface area contributed by atoms with Gasteiger partial charge in [-0.3, -0.25) is 4.79 Å². The number of hydrogen-bond donors (Lipinski definition) is 2. The van der Waals surface area contributed by atoms with Crippen LogP contribution in [0.15, 0.2) is 41.3 Å². The van der Waals surface area contributed by atoms with Gasteiger partial charge in [0.1, 0.15) is 12.1 Å². The first-order valence-corrected chi connectivity index (χ1v) is 9.02. The molecule has 0 atom stereocenters. The second-order valence-electron chi connectivity index (χ2n) is 5.79. The van der Waals surface area contributed by atoms with Crippen LogP contribution < -0.4 is 10.5 Å². The minimum atomic E-state index is -3.76. The number of anilines is 1. The fourth-order valence-electron chi connectivity index (χ4n) is 2.40. The van der Waals surface area contributed by atoms with Gasteiger partial charge in [-0.1, -0.05) is 5.21 Å². The number of carbonyl (C=O) groups excluding carboxylic acids is 1. The summed E-state index contributed by atoms with van der Waals surface area (Å²) in [5, 5.41) is 15.8. The first kappa shape index (κ1) is 17.1. The third-order valence-electron chi connectivity index (χ3n) is 3.89. The Labute approximate surface area is 144 Å². The van der Waals surface area contributed by atoms with Crippen molar-refractivity contribution in [2.24, 2.45) is 5.14 Å². The van der Waals surface area contributed by atoms with Crippen LogP contribution in [0.25, 0.3) is 11.0 Å². The van der Waals surface area contributed by atoms with Crippen LogP contribution in [0, 0.1) is 13.8 Å². The van der Waals surface area contributed by atoms with Crippen LogP contribution in [0.2, 0.25) is 0 Å². The zero-order valence-corrected chi connectivity index (χ0v) is 14.5. The predicted octanol–water partition coefficient (Wildman–Crippen LogP) is 1.33. The van der Waals surface area contributed by atoms with Gasteiger partial charge in [0, 0.05) is 5.69 Å². The number of rotatable bonds is 4. The molecule has 3 N–H and O–H groups in total. The highest BCUT2D eigenvalue weighted by atomic mass is 32.2. The number of nitrogens with zero attached hydrogens (tertiary/aromatic N) is 3. The molecule has 25 heavy (non-hydrogen) atoms. The van der Waals surface area contributed by atoms with Gasteiger partial charge >= 0.3 is 0 Å². The highest BCUT2D eigenvalue weighted by Gasteiger charge is 2.12. The molecule has 0 unspecified atom stereocenters. The lowest BCUT2D eigenvalue weighted by Crippen LogP contribution is -2.19. The van der Waals surface area contributed by atoms with Crippen molar-refractivity contribution in [3.8, 4) is 0 Å². The summed E-state index contributed by atoms with van der Waals surface area (Å²) in [6.07, 6.45) is 0. The fraction of sp³-hybridized carbons (Fsp3) is 0.188. The molecule has 1 amide bonds. The Morgan fingerprint density at radius 2 is 1.80 bits per heavy atom. The van der Waals surface area contributed by atoms with Crippen molar-refractivity contribution in [3.05, 3.63) is 47.5 Å². The average molecular weight is 359 g/mol. The number of amides is 1. The maximum absolute atomic E-state index is 12.2. The molecule has 3 rings (SSSR count). The number of fused-ring (bicyclic) bond motifs is 1. The van der Waals surface area contributed by atoms with Crippen molar-refractivity contribution in [2.45, 2.75) is 25.3 Å². The molecule has 130 valence electrons. The molecular formula is C16H17N5O3S. The van der Waals surface area contributed by atoms with E-state index in [0.717, 1.165) is 22.2 Å². The molecule has 0 bridgehead atoms. The number of primary sulfonamides is 1. The Morgan fingerprint density at radius 1 is 1.16 bits per heavy atom. The average Bonchev–Trinajstić information content (AvgIpc) is 2.89. The van der Waals surface area contributed by atoms with E-state index in [1.165, 1.54) is 28.9 Å². The molecule has 0 aliphatic rings. The van der Waals surface area contributed by atoms with Gasteiger partial charge in [-0.05, 0) is 61.4 Å². The van der Waals surface area contributed by atoms with Crippen LogP contribution in [0.4, 0.5) is 5.69 Å². The predicted molar refractivity (Wildman–Crippen MR) is 93.4 cm³/mol. The number of benzene rings is 2. The second-order valence-corrected chi connectivity index (χ2v) is 7.35. The van der Waals surface area contributed by atoms with E-state index < -0.39 is 10.0 Å². The van der Waals surface area contributed by atoms with Crippen molar-refractivity contribution < 1.29 is 13.2 Å². The molecule has 0 saturated carbocycles. The van der Waals surface area contributed by atoms with Gasteiger partial charge in [-0.25, -0.2) is 18.2 Å². The molecule has 3 aromatic rings. The molecule has 8 nitrogen and oxygen atoms in total. The molecule has 1 heterocycles. The number of carbonyl (C=O) groups is 1. The van der Waals surface area contributed by atoms with E-state index in [1.54, 1.807) is 0 Å². The van der Waals surface area contributed by atoms with Crippen molar-refractivity contribution in [3.63, 3.8) is 0 Å². The van der Waals surface area contributed by atoms with Crippen LogP contribution in [0.5, 0.6) is 0 Å². The van der Waals surface area contributed by atoms with E-state index in [4.69, 9.17) is 5.14 Å². The summed E-state index contributed by atoms with van der Waals surface area (Å²) >= 11 is 0. The number of nitrogens with two attached hydrogens (primary N) is 1. The number of aryl methyl sites for hydroxylation is 2. The van der Waals surface area contributed by atoms with Crippen LogP contribution in [0.3, 0.4) is 0 Å². The van der Waals surface area contributed by atoms with Gasteiger partial charge in [0.05, 0.1) is 10.4 Å². The number of aromatic nitrogens is 3. The fourth-order valence-corrected chi connectivity index (χ4v) is 2.92. The summed E-state index contributed by atoms with van der Waals surface area (Å²) in [7, 11) is -3.76. The Hall–Kier alpha value is -2.78.